The van der Waals surface area contributed by atoms with Crippen molar-refractivity contribution in [1.82, 2.24) is 15.0 Å². The van der Waals surface area contributed by atoms with E-state index in [9.17, 15) is 0 Å². The summed E-state index contributed by atoms with van der Waals surface area (Å²) in [7, 11) is 0. The first-order valence-corrected chi connectivity index (χ1v) is 10.3. The molecule has 0 aliphatic heterocycles. The minimum absolute atomic E-state index is 0.391. The van der Waals surface area contributed by atoms with E-state index < -0.39 is 0 Å². The van der Waals surface area contributed by atoms with Crippen LogP contribution in [0.4, 0.5) is 11.4 Å². The third kappa shape index (κ3) is 5.03. The molecule has 1 aromatic heterocycles. The van der Waals surface area contributed by atoms with Gasteiger partial charge in [0, 0.05) is 0 Å². The average Bonchev–Trinajstić information content (AvgIpc) is 2.74. The van der Waals surface area contributed by atoms with Gasteiger partial charge in [-0.05, 0) is 48.9 Å². The van der Waals surface area contributed by atoms with E-state index in [1.807, 2.05) is 50.2 Å². The van der Waals surface area contributed by atoms with Crippen molar-refractivity contribution in [2.45, 2.75) is 53.4 Å². The molecule has 1 heterocycles. The summed E-state index contributed by atoms with van der Waals surface area (Å²) < 4.78 is 0. The fourth-order valence-electron chi connectivity index (χ4n) is 3.26. The molecule has 0 fully saturated rings. The van der Waals surface area contributed by atoms with Crippen LogP contribution in [0.1, 0.15) is 76.2 Å². The van der Waals surface area contributed by atoms with Crippen LogP contribution in [0.25, 0.3) is 0 Å². The van der Waals surface area contributed by atoms with E-state index in [1.54, 1.807) is 0 Å². The van der Waals surface area contributed by atoms with E-state index in [0.717, 1.165) is 22.8 Å². The molecule has 0 amide bonds. The van der Waals surface area contributed by atoms with Gasteiger partial charge in [-0.3, -0.25) is 0 Å². The highest BCUT2D eigenvalue weighted by atomic mass is 15.0. The predicted molar refractivity (Wildman–Crippen MR) is 125 cm³/mol. The summed E-state index contributed by atoms with van der Waals surface area (Å²) in [4.78, 5) is 22.9. The number of aromatic nitrogens is 3. The lowest BCUT2D eigenvalue weighted by molar-refractivity contribution is 0.866. The van der Waals surface area contributed by atoms with Crippen LogP contribution in [0.2, 0.25) is 0 Å². The minimum Gasteiger partial charge on any atom is -0.250 e. The summed E-state index contributed by atoms with van der Waals surface area (Å²) in [5, 5.41) is 0. The van der Waals surface area contributed by atoms with E-state index in [1.165, 1.54) is 17.5 Å². The third-order valence-electron chi connectivity index (χ3n) is 4.91. The van der Waals surface area contributed by atoms with Crippen LogP contribution in [0.15, 0.2) is 64.8 Å². The first kappa shape index (κ1) is 21.5. The lowest BCUT2D eigenvalue weighted by atomic mass is 10.0. The second-order valence-electron chi connectivity index (χ2n) is 7.95. The topological polar surface area (TPSA) is 63.4 Å². The maximum Gasteiger partial charge on any atom is 0.177 e. The number of hydrogen-bond donors (Lipinski definition) is 0. The van der Waals surface area contributed by atoms with E-state index in [-0.39, 0.29) is 0 Å². The van der Waals surface area contributed by atoms with Gasteiger partial charge in [0.05, 0.1) is 22.8 Å². The molecule has 0 unspecified atom stereocenters. The van der Waals surface area contributed by atoms with Crippen molar-refractivity contribution in [3.8, 4) is 0 Å². The molecule has 0 aliphatic rings. The predicted octanol–water partition coefficient (Wildman–Crippen LogP) is 6.40. The summed E-state index contributed by atoms with van der Waals surface area (Å²) in [6.45, 7) is 12.5. The van der Waals surface area contributed by atoms with Crippen LogP contribution in [-0.4, -0.2) is 26.4 Å². The monoisotopic (exact) mass is 399 g/mol. The Bertz CT molecular complexity index is 997. The van der Waals surface area contributed by atoms with E-state index in [2.05, 4.69) is 54.8 Å². The van der Waals surface area contributed by atoms with E-state index in [4.69, 9.17) is 9.98 Å². The van der Waals surface area contributed by atoms with Crippen molar-refractivity contribution in [3.63, 3.8) is 0 Å². The Morgan fingerprint density at radius 3 is 1.47 bits per heavy atom. The minimum atomic E-state index is 0.391. The van der Waals surface area contributed by atoms with Gasteiger partial charge in [-0.1, -0.05) is 64.1 Å². The smallest absolute Gasteiger partial charge is 0.177 e. The molecule has 3 rings (SSSR count). The zero-order valence-corrected chi connectivity index (χ0v) is 18.6. The molecule has 0 saturated heterocycles. The largest absolute Gasteiger partial charge is 0.250 e. The van der Waals surface area contributed by atoms with Crippen molar-refractivity contribution in [2.24, 2.45) is 9.98 Å². The highest BCUT2D eigenvalue weighted by Gasteiger charge is 2.11. The number of aliphatic imine (C=N–C) groups is 2. The summed E-state index contributed by atoms with van der Waals surface area (Å²) >= 11 is 0. The molecule has 0 atom stereocenters. The van der Waals surface area contributed by atoms with Gasteiger partial charge in [-0.15, -0.1) is 0 Å². The zero-order chi connectivity index (χ0) is 21.7. The first-order valence-electron chi connectivity index (χ1n) is 10.3. The molecule has 5 heteroatoms. The Kier molecular flexibility index (Phi) is 6.83. The van der Waals surface area contributed by atoms with Crippen molar-refractivity contribution >= 4 is 22.8 Å². The molecule has 0 N–H and O–H groups in total. The van der Waals surface area contributed by atoms with Crippen LogP contribution in [0.3, 0.4) is 0 Å². The average molecular weight is 400 g/mol. The van der Waals surface area contributed by atoms with E-state index >= 15 is 0 Å². The molecular formula is C25H29N5. The summed E-state index contributed by atoms with van der Waals surface area (Å²) in [5.41, 5.74) is 5.80. The molecule has 5 nitrogen and oxygen atoms in total. The second kappa shape index (κ2) is 9.53. The maximum absolute atomic E-state index is 4.80. The van der Waals surface area contributed by atoms with Gasteiger partial charge >= 0.3 is 0 Å². The molecule has 2 aromatic carbocycles. The van der Waals surface area contributed by atoms with Gasteiger partial charge in [0.1, 0.15) is 6.33 Å². The van der Waals surface area contributed by atoms with Crippen LogP contribution >= 0.6 is 0 Å². The van der Waals surface area contributed by atoms with Gasteiger partial charge in [-0.2, -0.15) is 0 Å². The van der Waals surface area contributed by atoms with Crippen molar-refractivity contribution in [2.75, 3.05) is 0 Å². The third-order valence-corrected chi connectivity index (χ3v) is 4.91. The standard InChI is InChI=1S/C25H29N5/c1-16(2)20-11-7-9-13-22(20)28-18(5)24-26-15-27-25(30-24)19(6)29-23-14-10-8-12-21(23)17(3)4/h7-17H,1-6H3/b28-18+,29-19+. The Balaban J connectivity index is 1.95. The van der Waals surface area contributed by atoms with Crippen LogP contribution in [0, 0.1) is 0 Å². The number of benzene rings is 2. The number of para-hydroxylation sites is 2. The Morgan fingerprint density at radius 1 is 0.667 bits per heavy atom. The van der Waals surface area contributed by atoms with Crippen molar-refractivity contribution in [3.05, 3.63) is 77.6 Å². The van der Waals surface area contributed by atoms with Crippen LogP contribution in [-0.2, 0) is 0 Å². The zero-order valence-electron chi connectivity index (χ0n) is 18.6. The molecule has 0 saturated carbocycles. The molecule has 0 aliphatic carbocycles. The summed E-state index contributed by atoms with van der Waals surface area (Å²) in [6.07, 6.45) is 1.53. The van der Waals surface area contributed by atoms with Crippen molar-refractivity contribution in [1.29, 1.82) is 0 Å². The quantitative estimate of drug-likeness (QED) is 0.451. The van der Waals surface area contributed by atoms with Gasteiger partial charge in [0.25, 0.3) is 0 Å². The highest BCUT2D eigenvalue weighted by molar-refractivity contribution is 6.00. The van der Waals surface area contributed by atoms with Gasteiger partial charge in [0.15, 0.2) is 11.6 Å². The molecule has 3 aromatic rings. The highest BCUT2D eigenvalue weighted by Crippen LogP contribution is 2.28. The number of nitrogens with zero attached hydrogens (tertiary/aromatic N) is 5. The van der Waals surface area contributed by atoms with Gasteiger partial charge < -0.3 is 0 Å². The fraction of sp³-hybridized carbons (Fsp3) is 0.320. The molecule has 0 radical (unpaired) electrons. The van der Waals surface area contributed by atoms with Gasteiger partial charge in [-0.25, -0.2) is 24.9 Å². The van der Waals surface area contributed by atoms with Crippen molar-refractivity contribution < 1.29 is 0 Å². The fourth-order valence-corrected chi connectivity index (χ4v) is 3.26. The molecule has 0 spiro atoms. The first-order chi connectivity index (χ1) is 14.4. The lowest BCUT2D eigenvalue weighted by Gasteiger charge is -2.10. The molecule has 30 heavy (non-hydrogen) atoms. The second-order valence-corrected chi connectivity index (χ2v) is 7.95. The Morgan fingerprint density at radius 2 is 1.07 bits per heavy atom. The summed E-state index contributed by atoms with van der Waals surface area (Å²) in [5.74, 6) is 1.90. The normalized spacial score (nSPS) is 12.7. The number of hydrogen-bond acceptors (Lipinski definition) is 5. The Hall–Kier alpha value is -3.21. The van der Waals surface area contributed by atoms with Gasteiger partial charge in [0.2, 0.25) is 0 Å². The molecule has 0 bridgehead atoms. The number of rotatable bonds is 6. The Labute approximate surface area is 179 Å². The molecular weight excluding hydrogens is 370 g/mol. The summed E-state index contributed by atoms with van der Waals surface area (Å²) in [6, 6.07) is 16.4. The van der Waals surface area contributed by atoms with Crippen LogP contribution < -0.4 is 0 Å². The lowest BCUT2D eigenvalue weighted by Crippen LogP contribution is -2.10. The van der Waals surface area contributed by atoms with E-state index in [0.29, 0.717) is 23.5 Å². The van der Waals surface area contributed by atoms with Crippen LogP contribution in [0.5, 0.6) is 0 Å². The SMILES string of the molecule is C/C(=N\c1ccccc1C(C)C)c1ncnc(/C(C)=N/c2ccccc2C(C)C)n1. The maximum atomic E-state index is 4.80. The molecule has 154 valence electrons.